The van der Waals surface area contributed by atoms with Gasteiger partial charge in [-0.25, -0.2) is 5.01 Å². The Morgan fingerprint density at radius 2 is 1.37 bits per heavy atom. The van der Waals surface area contributed by atoms with Crippen LogP contribution in [-0.4, -0.2) is 42.4 Å². The van der Waals surface area contributed by atoms with Gasteiger partial charge in [0.1, 0.15) is 6.54 Å². The molecule has 0 unspecified atom stereocenters. The van der Waals surface area contributed by atoms with E-state index in [1.807, 2.05) is 6.92 Å². The Bertz CT molecular complexity index is 408. The van der Waals surface area contributed by atoms with E-state index < -0.39 is 5.91 Å². The summed E-state index contributed by atoms with van der Waals surface area (Å²) in [5.41, 5.74) is 7.85. The van der Waals surface area contributed by atoms with Gasteiger partial charge in [0.25, 0.3) is 5.91 Å². The smallest absolute Gasteiger partial charge is 0.255 e. The molecule has 0 atom stereocenters. The standard InChI is InChI=1S/C19H38N4O3.ClH/c1-3-5-6-7-8-9-10-11-12-13-17(24)22-23(19(26)15-20)16-18(25)21-14-4-2;/h3-16,20H2,1-2H3,(H,21,25)(H,22,24);1H. The van der Waals surface area contributed by atoms with E-state index in [0.29, 0.717) is 13.0 Å². The SMILES string of the molecule is CCCCCCCCCCCC(=O)NN(CC(=O)NCCC)C(=O)CN.Cl. The highest BCUT2D eigenvalue weighted by atomic mass is 35.5. The summed E-state index contributed by atoms with van der Waals surface area (Å²) in [7, 11) is 0. The second kappa shape index (κ2) is 19.4. The maximum atomic E-state index is 12.0. The number of hydrogen-bond donors (Lipinski definition) is 3. The first-order valence-corrected chi connectivity index (χ1v) is 10.1. The average molecular weight is 407 g/mol. The third-order valence-corrected chi connectivity index (χ3v) is 4.12. The fourth-order valence-electron chi connectivity index (χ4n) is 2.57. The van der Waals surface area contributed by atoms with Gasteiger partial charge >= 0.3 is 0 Å². The number of hydrogen-bond acceptors (Lipinski definition) is 4. The Morgan fingerprint density at radius 3 is 1.89 bits per heavy atom. The van der Waals surface area contributed by atoms with Gasteiger partial charge in [-0.2, -0.15) is 0 Å². The van der Waals surface area contributed by atoms with Crippen LogP contribution in [0.25, 0.3) is 0 Å². The van der Waals surface area contributed by atoms with Crippen molar-refractivity contribution in [2.75, 3.05) is 19.6 Å². The molecule has 0 saturated heterocycles. The predicted molar refractivity (Wildman–Crippen MR) is 111 cm³/mol. The van der Waals surface area contributed by atoms with Crippen molar-refractivity contribution < 1.29 is 14.4 Å². The number of rotatable bonds is 15. The Balaban J connectivity index is 0. The molecule has 0 spiro atoms. The fraction of sp³-hybridized carbons (Fsp3) is 0.842. The summed E-state index contributed by atoms with van der Waals surface area (Å²) in [6, 6.07) is 0. The Labute approximate surface area is 170 Å². The van der Waals surface area contributed by atoms with E-state index in [1.165, 1.54) is 38.5 Å². The van der Waals surface area contributed by atoms with Crippen LogP contribution in [0.15, 0.2) is 0 Å². The highest BCUT2D eigenvalue weighted by Gasteiger charge is 2.17. The number of nitrogens with two attached hydrogens (primary N) is 1. The van der Waals surface area contributed by atoms with Gasteiger partial charge in [-0.05, 0) is 12.8 Å². The molecule has 0 aromatic carbocycles. The molecule has 0 radical (unpaired) electrons. The van der Waals surface area contributed by atoms with E-state index in [-0.39, 0.29) is 37.3 Å². The van der Waals surface area contributed by atoms with Gasteiger partial charge in [0.05, 0.1) is 6.54 Å². The molecule has 8 heteroatoms. The second-order valence-corrected chi connectivity index (χ2v) is 6.65. The summed E-state index contributed by atoms with van der Waals surface area (Å²) in [6.45, 7) is 4.23. The summed E-state index contributed by atoms with van der Waals surface area (Å²) in [6.07, 6.45) is 11.7. The summed E-state index contributed by atoms with van der Waals surface area (Å²) in [5.74, 6) is -1.04. The molecule has 0 aliphatic rings. The molecule has 0 saturated carbocycles. The largest absolute Gasteiger partial charge is 0.355 e. The lowest BCUT2D eigenvalue weighted by Crippen LogP contribution is -2.52. The number of nitrogens with zero attached hydrogens (tertiary/aromatic N) is 1. The number of unbranched alkanes of at least 4 members (excludes halogenated alkanes) is 8. The molecular formula is C19H39ClN4O3. The summed E-state index contributed by atoms with van der Waals surface area (Å²) in [5, 5.41) is 3.69. The quantitative estimate of drug-likeness (QED) is 0.287. The van der Waals surface area contributed by atoms with Crippen molar-refractivity contribution in [3.8, 4) is 0 Å². The summed E-state index contributed by atoms with van der Waals surface area (Å²) in [4.78, 5) is 35.5. The Kier molecular flexibility index (Phi) is 20.1. The lowest BCUT2D eigenvalue weighted by molar-refractivity contribution is -0.143. The first-order chi connectivity index (χ1) is 12.5. The van der Waals surface area contributed by atoms with E-state index >= 15 is 0 Å². The van der Waals surface area contributed by atoms with Gasteiger partial charge in [0, 0.05) is 13.0 Å². The van der Waals surface area contributed by atoms with E-state index in [9.17, 15) is 14.4 Å². The molecule has 0 aromatic rings. The van der Waals surface area contributed by atoms with Crippen molar-refractivity contribution >= 4 is 30.1 Å². The van der Waals surface area contributed by atoms with Crippen LogP contribution in [0.2, 0.25) is 0 Å². The topological polar surface area (TPSA) is 105 Å². The number of carbonyl (C=O) groups is 3. The van der Waals surface area contributed by atoms with Crippen LogP contribution in [0.1, 0.15) is 84.5 Å². The van der Waals surface area contributed by atoms with Gasteiger partial charge in [-0.3, -0.25) is 19.8 Å². The molecule has 0 aromatic heterocycles. The number of nitrogens with one attached hydrogen (secondary N) is 2. The summed E-state index contributed by atoms with van der Waals surface area (Å²) < 4.78 is 0. The van der Waals surface area contributed by atoms with Crippen LogP contribution in [-0.2, 0) is 14.4 Å². The van der Waals surface area contributed by atoms with Crippen LogP contribution in [0.4, 0.5) is 0 Å². The molecule has 0 fully saturated rings. The van der Waals surface area contributed by atoms with Crippen LogP contribution < -0.4 is 16.5 Å². The minimum Gasteiger partial charge on any atom is -0.355 e. The first-order valence-electron chi connectivity index (χ1n) is 10.1. The third kappa shape index (κ3) is 16.6. The molecule has 4 N–H and O–H groups in total. The zero-order valence-corrected chi connectivity index (χ0v) is 17.9. The highest BCUT2D eigenvalue weighted by molar-refractivity contribution is 5.88. The van der Waals surface area contributed by atoms with E-state index in [0.717, 1.165) is 30.7 Å². The molecule has 0 aliphatic heterocycles. The van der Waals surface area contributed by atoms with Gasteiger partial charge in [0.2, 0.25) is 11.8 Å². The number of hydrazine groups is 1. The highest BCUT2D eigenvalue weighted by Crippen LogP contribution is 2.10. The number of carbonyl (C=O) groups excluding carboxylic acids is 3. The molecule has 0 rings (SSSR count). The lowest BCUT2D eigenvalue weighted by atomic mass is 10.1. The molecule has 0 bridgehead atoms. The Morgan fingerprint density at radius 1 is 0.815 bits per heavy atom. The molecule has 3 amide bonds. The lowest BCUT2D eigenvalue weighted by Gasteiger charge is -2.22. The number of amides is 3. The van der Waals surface area contributed by atoms with Gasteiger partial charge in [-0.1, -0.05) is 65.2 Å². The maximum absolute atomic E-state index is 12.0. The molecule has 7 nitrogen and oxygen atoms in total. The average Bonchev–Trinajstić information content (AvgIpc) is 2.63. The summed E-state index contributed by atoms with van der Waals surface area (Å²) >= 11 is 0. The predicted octanol–water partition coefficient (Wildman–Crippen LogP) is 2.67. The van der Waals surface area contributed by atoms with Crippen molar-refractivity contribution in [2.45, 2.75) is 84.5 Å². The van der Waals surface area contributed by atoms with Crippen LogP contribution >= 0.6 is 12.4 Å². The van der Waals surface area contributed by atoms with E-state index in [2.05, 4.69) is 17.7 Å². The fourth-order valence-corrected chi connectivity index (χ4v) is 2.57. The minimum absolute atomic E-state index is 0. The zero-order valence-electron chi connectivity index (χ0n) is 17.1. The zero-order chi connectivity index (χ0) is 19.6. The molecule has 27 heavy (non-hydrogen) atoms. The monoisotopic (exact) mass is 406 g/mol. The van der Waals surface area contributed by atoms with Crippen LogP contribution in [0.5, 0.6) is 0 Å². The van der Waals surface area contributed by atoms with Crippen molar-refractivity contribution in [1.82, 2.24) is 15.8 Å². The van der Waals surface area contributed by atoms with Crippen LogP contribution in [0, 0.1) is 0 Å². The first kappa shape index (κ1) is 27.9. The normalized spacial score (nSPS) is 10.0. The molecule has 160 valence electrons. The van der Waals surface area contributed by atoms with Crippen molar-refractivity contribution in [1.29, 1.82) is 0 Å². The van der Waals surface area contributed by atoms with Gasteiger partial charge < -0.3 is 11.1 Å². The minimum atomic E-state index is -0.475. The van der Waals surface area contributed by atoms with Crippen molar-refractivity contribution in [3.05, 3.63) is 0 Å². The van der Waals surface area contributed by atoms with E-state index in [1.54, 1.807) is 0 Å². The molecule has 0 aliphatic carbocycles. The van der Waals surface area contributed by atoms with Gasteiger partial charge in [-0.15, -0.1) is 12.4 Å². The maximum Gasteiger partial charge on any atom is 0.255 e. The Hall–Kier alpha value is -1.34. The van der Waals surface area contributed by atoms with Crippen LogP contribution in [0.3, 0.4) is 0 Å². The second-order valence-electron chi connectivity index (χ2n) is 6.65. The third-order valence-electron chi connectivity index (χ3n) is 4.12. The van der Waals surface area contributed by atoms with Crippen molar-refractivity contribution in [2.24, 2.45) is 5.73 Å². The van der Waals surface area contributed by atoms with E-state index in [4.69, 9.17) is 5.73 Å². The number of halogens is 1. The molecular weight excluding hydrogens is 368 g/mol. The van der Waals surface area contributed by atoms with Gasteiger partial charge in [0.15, 0.2) is 0 Å². The van der Waals surface area contributed by atoms with Crippen molar-refractivity contribution in [3.63, 3.8) is 0 Å². The molecule has 0 heterocycles.